The number of benzene rings is 2. The number of carbonyl (C=O) groups excluding carboxylic acids is 1. The van der Waals surface area contributed by atoms with Crippen molar-refractivity contribution >= 4 is 22.5 Å². The van der Waals surface area contributed by atoms with Crippen molar-refractivity contribution in [2.45, 2.75) is 19.4 Å². The fraction of sp³-hybridized carbons (Fsp3) is 0.261. The molecule has 2 aromatic carbocycles. The number of nitrogens with one attached hydrogen (secondary N) is 1. The van der Waals surface area contributed by atoms with E-state index >= 15 is 0 Å². The lowest BCUT2D eigenvalue weighted by atomic mass is 9.94. The number of rotatable bonds is 4. The Balaban J connectivity index is 1.46. The van der Waals surface area contributed by atoms with Gasteiger partial charge in [-0.25, -0.2) is 4.39 Å². The highest BCUT2D eigenvalue weighted by Gasteiger charge is 2.27. The van der Waals surface area contributed by atoms with Gasteiger partial charge in [0.1, 0.15) is 11.9 Å². The second kappa shape index (κ2) is 8.27. The first-order chi connectivity index (χ1) is 14.2. The molecule has 1 N–H and O–H groups in total. The monoisotopic (exact) mass is 388 g/mol. The summed E-state index contributed by atoms with van der Waals surface area (Å²) in [6.45, 7) is 1.79. The first-order valence-corrected chi connectivity index (χ1v) is 9.70. The van der Waals surface area contributed by atoms with Crippen molar-refractivity contribution in [1.82, 2.24) is 10.3 Å². The molecular formula is C23H21FN4O. The second-order valence-electron chi connectivity index (χ2n) is 7.26. The lowest BCUT2D eigenvalue weighted by Gasteiger charge is -2.34. The Labute approximate surface area is 168 Å². The van der Waals surface area contributed by atoms with E-state index in [4.69, 9.17) is 0 Å². The van der Waals surface area contributed by atoms with Gasteiger partial charge in [-0.2, -0.15) is 5.26 Å². The molecule has 1 saturated heterocycles. The minimum Gasteiger partial charge on any atom is -0.370 e. The van der Waals surface area contributed by atoms with Crippen molar-refractivity contribution in [3.63, 3.8) is 0 Å². The Bertz CT molecular complexity index is 1070. The van der Waals surface area contributed by atoms with E-state index in [1.807, 2.05) is 30.3 Å². The van der Waals surface area contributed by atoms with Gasteiger partial charge in [-0.3, -0.25) is 9.78 Å². The normalized spacial score (nSPS) is 14.6. The number of hydrogen-bond acceptors (Lipinski definition) is 4. The standard InChI is InChI=1S/C23H21FN4O/c24-19-6-7-21-20(12-19)22(18(13-25)15-26-21)28-10-8-17(9-11-28)23(29)27-14-16-4-2-1-3-5-16/h1-7,12,15,17H,8-11,14H2,(H,27,29). The van der Waals surface area contributed by atoms with Crippen molar-refractivity contribution in [1.29, 1.82) is 5.26 Å². The summed E-state index contributed by atoms with van der Waals surface area (Å²) in [5.74, 6) is -0.365. The van der Waals surface area contributed by atoms with E-state index in [9.17, 15) is 14.4 Å². The number of carbonyl (C=O) groups is 1. The molecule has 1 amide bonds. The van der Waals surface area contributed by atoms with Crippen LogP contribution in [0.5, 0.6) is 0 Å². The quantitative estimate of drug-likeness (QED) is 0.739. The lowest BCUT2D eigenvalue weighted by molar-refractivity contribution is -0.125. The van der Waals surface area contributed by atoms with Gasteiger partial charge in [0.2, 0.25) is 5.91 Å². The van der Waals surface area contributed by atoms with Crippen molar-refractivity contribution in [3.8, 4) is 6.07 Å². The fourth-order valence-electron chi connectivity index (χ4n) is 3.87. The van der Waals surface area contributed by atoms with Crippen LogP contribution in [0.3, 0.4) is 0 Å². The summed E-state index contributed by atoms with van der Waals surface area (Å²) in [7, 11) is 0. The van der Waals surface area contributed by atoms with Crippen LogP contribution in [0.1, 0.15) is 24.0 Å². The summed E-state index contributed by atoms with van der Waals surface area (Å²) in [6.07, 6.45) is 2.91. The average Bonchev–Trinajstić information content (AvgIpc) is 2.77. The molecule has 4 rings (SSSR count). The number of piperidine rings is 1. The maximum Gasteiger partial charge on any atom is 0.223 e. The van der Waals surface area contributed by atoms with E-state index in [1.165, 1.54) is 18.3 Å². The molecule has 3 aromatic rings. The van der Waals surface area contributed by atoms with Crippen LogP contribution in [0.2, 0.25) is 0 Å². The number of aromatic nitrogens is 1. The van der Waals surface area contributed by atoms with E-state index in [1.54, 1.807) is 6.07 Å². The van der Waals surface area contributed by atoms with Crippen LogP contribution in [0, 0.1) is 23.1 Å². The molecule has 1 aromatic heterocycles. The predicted octanol–water partition coefficient (Wildman–Crippen LogP) is 3.78. The predicted molar refractivity (Wildman–Crippen MR) is 110 cm³/mol. The van der Waals surface area contributed by atoms with Gasteiger partial charge in [0.25, 0.3) is 0 Å². The highest BCUT2D eigenvalue weighted by atomic mass is 19.1. The summed E-state index contributed by atoms with van der Waals surface area (Å²) in [6, 6.07) is 16.4. The lowest BCUT2D eigenvalue weighted by Crippen LogP contribution is -2.40. The molecular weight excluding hydrogens is 367 g/mol. The minimum atomic E-state index is -0.356. The van der Waals surface area contributed by atoms with Gasteiger partial charge in [-0.15, -0.1) is 0 Å². The van der Waals surface area contributed by atoms with Gasteiger partial charge in [-0.05, 0) is 36.6 Å². The van der Waals surface area contributed by atoms with Crippen LogP contribution in [0.15, 0.2) is 54.7 Å². The zero-order valence-electron chi connectivity index (χ0n) is 15.9. The molecule has 29 heavy (non-hydrogen) atoms. The van der Waals surface area contributed by atoms with E-state index in [2.05, 4.69) is 21.3 Å². The van der Waals surface area contributed by atoms with Gasteiger partial charge in [0.05, 0.1) is 16.8 Å². The molecule has 0 radical (unpaired) electrons. The van der Waals surface area contributed by atoms with Crippen molar-refractivity contribution in [3.05, 3.63) is 71.7 Å². The SMILES string of the molecule is N#Cc1cnc2ccc(F)cc2c1N1CCC(C(=O)NCc2ccccc2)CC1. The molecule has 0 spiro atoms. The van der Waals surface area contributed by atoms with Crippen molar-refractivity contribution in [2.24, 2.45) is 5.92 Å². The maximum atomic E-state index is 13.8. The van der Waals surface area contributed by atoms with Crippen LogP contribution >= 0.6 is 0 Å². The molecule has 0 aliphatic carbocycles. The molecule has 0 saturated carbocycles. The van der Waals surface area contributed by atoms with Gasteiger partial charge >= 0.3 is 0 Å². The average molecular weight is 388 g/mol. The Hall–Kier alpha value is -3.46. The third kappa shape index (κ3) is 4.04. The molecule has 1 aliphatic heterocycles. The van der Waals surface area contributed by atoms with E-state index < -0.39 is 0 Å². The molecule has 6 heteroatoms. The number of anilines is 1. The summed E-state index contributed by atoms with van der Waals surface area (Å²) in [5, 5.41) is 13.2. The van der Waals surface area contributed by atoms with Crippen LogP contribution in [0.25, 0.3) is 10.9 Å². The van der Waals surface area contributed by atoms with Crippen LogP contribution < -0.4 is 10.2 Å². The number of amides is 1. The summed E-state index contributed by atoms with van der Waals surface area (Å²) < 4.78 is 13.8. The topological polar surface area (TPSA) is 69.0 Å². The molecule has 5 nitrogen and oxygen atoms in total. The Morgan fingerprint density at radius 2 is 1.97 bits per heavy atom. The van der Waals surface area contributed by atoms with Crippen LogP contribution in [0.4, 0.5) is 10.1 Å². The summed E-state index contributed by atoms with van der Waals surface area (Å²) in [5.41, 5.74) is 2.86. The van der Waals surface area contributed by atoms with Crippen molar-refractivity contribution < 1.29 is 9.18 Å². The first kappa shape index (κ1) is 18.9. The molecule has 146 valence electrons. The van der Waals surface area contributed by atoms with E-state index in [0.717, 1.165) is 5.56 Å². The molecule has 1 aliphatic rings. The zero-order chi connectivity index (χ0) is 20.2. The number of halogens is 1. The van der Waals surface area contributed by atoms with Gasteiger partial charge in [0, 0.05) is 37.1 Å². The smallest absolute Gasteiger partial charge is 0.223 e. The molecule has 2 heterocycles. The molecule has 0 unspecified atom stereocenters. The highest BCUT2D eigenvalue weighted by Crippen LogP contribution is 2.33. The Morgan fingerprint density at radius 1 is 1.21 bits per heavy atom. The fourth-order valence-corrected chi connectivity index (χ4v) is 3.87. The van der Waals surface area contributed by atoms with Crippen LogP contribution in [-0.4, -0.2) is 24.0 Å². The molecule has 1 fully saturated rings. The molecule has 0 bridgehead atoms. The molecule has 0 atom stereocenters. The number of pyridine rings is 1. The van der Waals surface area contributed by atoms with E-state index in [-0.39, 0.29) is 17.6 Å². The Morgan fingerprint density at radius 3 is 2.69 bits per heavy atom. The van der Waals surface area contributed by atoms with Gasteiger partial charge in [0.15, 0.2) is 0 Å². The largest absolute Gasteiger partial charge is 0.370 e. The number of hydrogen-bond donors (Lipinski definition) is 1. The third-order valence-electron chi connectivity index (χ3n) is 5.41. The minimum absolute atomic E-state index is 0.0552. The third-order valence-corrected chi connectivity index (χ3v) is 5.41. The van der Waals surface area contributed by atoms with Crippen LogP contribution in [-0.2, 0) is 11.3 Å². The summed E-state index contributed by atoms with van der Waals surface area (Å²) in [4.78, 5) is 18.9. The first-order valence-electron chi connectivity index (χ1n) is 9.70. The zero-order valence-corrected chi connectivity index (χ0v) is 15.9. The number of nitriles is 1. The highest BCUT2D eigenvalue weighted by molar-refractivity contribution is 5.94. The Kier molecular flexibility index (Phi) is 5.39. The number of nitrogens with zero attached hydrogens (tertiary/aromatic N) is 3. The second-order valence-corrected chi connectivity index (χ2v) is 7.26. The van der Waals surface area contributed by atoms with Gasteiger partial charge < -0.3 is 10.2 Å². The maximum absolute atomic E-state index is 13.8. The van der Waals surface area contributed by atoms with E-state index in [0.29, 0.717) is 54.6 Å². The number of fused-ring (bicyclic) bond motifs is 1. The van der Waals surface area contributed by atoms with Gasteiger partial charge in [-0.1, -0.05) is 30.3 Å². The summed E-state index contributed by atoms with van der Waals surface area (Å²) >= 11 is 0. The van der Waals surface area contributed by atoms with Crippen molar-refractivity contribution in [2.75, 3.05) is 18.0 Å².